The van der Waals surface area contributed by atoms with E-state index >= 15 is 0 Å². The molecule has 1 aromatic rings. The van der Waals surface area contributed by atoms with Gasteiger partial charge < -0.3 is 10.6 Å². The van der Waals surface area contributed by atoms with Crippen molar-refractivity contribution in [2.45, 2.75) is 25.4 Å². The maximum atomic E-state index is 12.5. The molecule has 2 heterocycles. The second-order valence-electron chi connectivity index (χ2n) is 5.27. The van der Waals surface area contributed by atoms with Gasteiger partial charge in [0.25, 0.3) is 5.91 Å². The molecular formula is C14H20Cl2F3N3O. The molecule has 9 heteroatoms. The molecule has 0 saturated carbocycles. The number of hydrogen-bond acceptors (Lipinski definition) is 3. The van der Waals surface area contributed by atoms with Crippen LogP contribution < -0.4 is 5.73 Å². The summed E-state index contributed by atoms with van der Waals surface area (Å²) in [6, 6.07) is 2.03. The van der Waals surface area contributed by atoms with Crippen molar-refractivity contribution >= 4 is 30.7 Å². The predicted molar refractivity (Wildman–Crippen MR) is 86.0 cm³/mol. The Labute approximate surface area is 145 Å². The van der Waals surface area contributed by atoms with E-state index in [1.807, 2.05) is 0 Å². The Bertz CT molecular complexity index is 495. The predicted octanol–water partition coefficient (Wildman–Crippen LogP) is 3.15. The second-order valence-corrected chi connectivity index (χ2v) is 5.27. The summed E-state index contributed by atoms with van der Waals surface area (Å²) < 4.78 is 37.4. The summed E-state index contributed by atoms with van der Waals surface area (Å²) in [6.07, 6.45) is -0.969. The minimum absolute atomic E-state index is 0. The van der Waals surface area contributed by atoms with E-state index in [4.69, 9.17) is 5.73 Å². The number of carbonyl (C=O) groups is 1. The minimum atomic E-state index is -4.44. The summed E-state index contributed by atoms with van der Waals surface area (Å²) >= 11 is 0. The van der Waals surface area contributed by atoms with Gasteiger partial charge >= 0.3 is 6.18 Å². The normalized spacial score (nSPS) is 17.9. The van der Waals surface area contributed by atoms with E-state index in [1.165, 1.54) is 0 Å². The summed E-state index contributed by atoms with van der Waals surface area (Å²) in [4.78, 5) is 17.6. The quantitative estimate of drug-likeness (QED) is 0.885. The van der Waals surface area contributed by atoms with Crippen LogP contribution in [0, 0.1) is 5.92 Å². The third kappa shape index (κ3) is 5.82. The number of carbonyl (C=O) groups excluding carboxylic acids is 1. The minimum Gasteiger partial charge on any atom is -0.337 e. The first-order valence-electron chi connectivity index (χ1n) is 6.94. The fraction of sp³-hybridized carbons (Fsp3) is 0.571. The van der Waals surface area contributed by atoms with E-state index in [0.29, 0.717) is 31.7 Å². The molecule has 132 valence electrons. The number of rotatable bonds is 3. The molecular weight excluding hydrogens is 354 g/mol. The molecule has 0 aliphatic carbocycles. The first-order valence-corrected chi connectivity index (χ1v) is 6.94. The number of aromatic nitrogens is 1. The van der Waals surface area contributed by atoms with E-state index in [1.54, 1.807) is 4.90 Å². The molecule has 2 rings (SSSR count). The highest BCUT2D eigenvalue weighted by atomic mass is 35.5. The van der Waals surface area contributed by atoms with Gasteiger partial charge in [-0.2, -0.15) is 13.2 Å². The van der Waals surface area contributed by atoms with Gasteiger partial charge in [0.05, 0.1) is 5.56 Å². The lowest BCUT2D eigenvalue weighted by molar-refractivity contribution is -0.137. The molecule has 1 amide bonds. The maximum Gasteiger partial charge on any atom is 0.417 e. The van der Waals surface area contributed by atoms with Crippen LogP contribution in [-0.4, -0.2) is 35.4 Å². The van der Waals surface area contributed by atoms with Gasteiger partial charge in [0, 0.05) is 19.3 Å². The van der Waals surface area contributed by atoms with Gasteiger partial charge in [0.2, 0.25) is 0 Å². The average molecular weight is 374 g/mol. The van der Waals surface area contributed by atoms with Gasteiger partial charge in [-0.15, -0.1) is 24.8 Å². The molecule has 23 heavy (non-hydrogen) atoms. The number of nitrogens with zero attached hydrogens (tertiary/aromatic N) is 2. The van der Waals surface area contributed by atoms with Crippen molar-refractivity contribution in [3.05, 3.63) is 29.6 Å². The Balaban J connectivity index is 0.00000242. The molecule has 0 radical (unpaired) electrons. The molecule has 1 atom stereocenters. The summed E-state index contributed by atoms with van der Waals surface area (Å²) in [5.41, 5.74) is 4.73. The topological polar surface area (TPSA) is 59.2 Å². The van der Waals surface area contributed by atoms with Crippen molar-refractivity contribution in [1.29, 1.82) is 0 Å². The highest BCUT2D eigenvalue weighted by Crippen LogP contribution is 2.28. The first kappa shape index (κ1) is 21.9. The summed E-state index contributed by atoms with van der Waals surface area (Å²) in [5, 5.41) is 0. The lowest BCUT2D eigenvalue weighted by atomic mass is 9.94. The van der Waals surface area contributed by atoms with Crippen molar-refractivity contribution in [3.8, 4) is 0 Å². The Hall–Kier alpha value is -1.05. The van der Waals surface area contributed by atoms with Crippen molar-refractivity contribution < 1.29 is 18.0 Å². The number of amides is 1. The molecule has 1 aliphatic heterocycles. The largest absolute Gasteiger partial charge is 0.417 e. The summed E-state index contributed by atoms with van der Waals surface area (Å²) in [6.45, 7) is 1.78. The number of nitrogens with two attached hydrogens (primary N) is 1. The molecule has 1 fully saturated rings. The van der Waals surface area contributed by atoms with Gasteiger partial charge in [-0.3, -0.25) is 9.78 Å². The molecule has 4 nitrogen and oxygen atoms in total. The van der Waals surface area contributed by atoms with Crippen LogP contribution in [0.1, 0.15) is 35.3 Å². The van der Waals surface area contributed by atoms with Gasteiger partial charge in [-0.25, -0.2) is 0 Å². The zero-order chi connectivity index (χ0) is 15.5. The molecule has 0 spiro atoms. The average Bonchev–Trinajstić information content (AvgIpc) is 2.46. The third-order valence-corrected chi connectivity index (χ3v) is 3.69. The standard InChI is InChI=1S/C14H18F3N3O.2ClH/c15-14(16,17)11-3-4-12(19-8-11)13(21)20-7-1-2-10(9-20)5-6-18;;/h3-4,8,10H,1-2,5-7,9,18H2;2*1H. The van der Waals surface area contributed by atoms with Crippen LogP contribution >= 0.6 is 24.8 Å². The zero-order valence-electron chi connectivity index (χ0n) is 12.4. The highest BCUT2D eigenvalue weighted by molar-refractivity contribution is 5.92. The van der Waals surface area contributed by atoms with Crippen LogP contribution in [0.15, 0.2) is 18.3 Å². The Morgan fingerprint density at radius 1 is 1.35 bits per heavy atom. The van der Waals surface area contributed by atoms with Crippen molar-refractivity contribution in [2.24, 2.45) is 11.7 Å². The van der Waals surface area contributed by atoms with Crippen LogP contribution in [0.25, 0.3) is 0 Å². The van der Waals surface area contributed by atoms with Gasteiger partial charge in [0.1, 0.15) is 5.69 Å². The van der Waals surface area contributed by atoms with E-state index in [0.717, 1.165) is 31.4 Å². The van der Waals surface area contributed by atoms with Crippen LogP contribution in [0.4, 0.5) is 13.2 Å². The molecule has 1 unspecified atom stereocenters. The molecule has 1 saturated heterocycles. The van der Waals surface area contributed by atoms with Crippen molar-refractivity contribution in [3.63, 3.8) is 0 Å². The Morgan fingerprint density at radius 2 is 2.04 bits per heavy atom. The van der Waals surface area contributed by atoms with Crippen LogP contribution in [0.5, 0.6) is 0 Å². The summed E-state index contributed by atoms with van der Waals surface area (Å²) in [5.74, 6) is 0.0487. The van der Waals surface area contributed by atoms with Crippen LogP contribution in [0.3, 0.4) is 0 Å². The smallest absolute Gasteiger partial charge is 0.337 e. The third-order valence-electron chi connectivity index (χ3n) is 3.69. The van der Waals surface area contributed by atoms with E-state index in [2.05, 4.69) is 4.98 Å². The number of likely N-dealkylation sites (tertiary alicyclic amines) is 1. The second kappa shape index (κ2) is 9.30. The highest BCUT2D eigenvalue weighted by Gasteiger charge is 2.31. The molecule has 0 bridgehead atoms. The lowest BCUT2D eigenvalue weighted by Crippen LogP contribution is -2.40. The maximum absolute atomic E-state index is 12.5. The number of piperidine rings is 1. The van der Waals surface area contributed by atoms with Crippen molar-refractivity contribution in [1.82, 2.24) is 9.88 Å². The molecule has 2 N–H and O–H groups in total. The van der Waals surface area contributed by atoms with Gasteiger partial charge in [-0.05, 0) is 43.9 Å². The molecule has 1 aliphatic rings. The Kier molecular flexibility index (Phi) is 8.87. The molecule has 0 aromatic carbocycles. The van der Waals surface area contributed by atoms with Crippen LogP contribution in [-0.2, 0) is 6.18 Å². The van der Waals surface area contributed by atoms with E-state index in [-0.39, 0.29) is 36.4 Å². The lowest BCUT2D eigenvalue weighted by Gasteiger charge is -2.32. The van der Waals surface area contributed by atoms with Crippen molar-refractivity contribution in [2.75, 3.05) is 19.6 Å². The van der Waals surface area contributed by atoms with E-state index < -0.39 is 11.7 Å². The fourth-order valence-electron chi connectivity index (χ4n) is 2.57. The van der Waals surface area contributed by atoms with Gasteiger partial charge in [-0.1, -0.05) is 0 Å². The Morgan fingerprint density at radius 3 is 2.57 bits per heavy atom. The molecule has 1 aromatic heterocycles. The first-order chi connectivity index (χ1) is 9.91. The summed E-state index contributed by atoms with van der Waals surface area (Å²) in [7, 11) is 0. The SMILES string of the molecule is Cl.Cl.NCCC1CCCN(C(=O)c2ccc(C(F)(F)F)cn2)C1. The monoisotopic (exact) mass is 373 g/mol. The number of alkyl halides is 3. The fourth-order valence-corrected chi connectivity index (χ4v) is 2.57. The number of pyridine rings is 1. The zero-order valence-corrected chi connectivity index (χ0v) is 14.0. The number of halogens is 5. The van der Waals surface area contributed by atoms with Gasteiger partial charge in [0.15, 0.2) is 0 Å². The number of hydrogen-bond donors (Lipinski definition) is 1. The van der Waals surface area contributed by atoms with E-state index in [9.17, 15) is 18.0 Å². The van der Waals surface area contributed by atoms with Crippen LogP contribution in [0.2, 0.25) is 0 Å².